The second-order valence-corrected chi connectivity index (χ2v) is 8.77. The van der Waals surface area contributed by atoms with Gasteiger partial charge < -0.3 is 11.5 Å². The number of aryl methyl sites for hydroxylation is 1. The van der Waals surface area contributed by atoms with E-state index in [1.807, 2.05) is 19.2 Å². The SMILES string of the molecule is C=C(C)Cc1ccc(CCCCC(CCCCN)CCN=C/C(=C\N)CCC)cc1F. The first-order chi connectivity index (χ1) is 15.0. The van der Waals surface area contributed by atoms with Crippen LogP contribution in [-0.4, -0.2) is 19.3 Å². The molecule has 0 bridgehead atoms. The zero-order chi connectivity index (χ0) is 22.9. The first-order valence-corrected chi connectivity index (χ1v) is 12.0. The average molecular weight is 430 g/mol. The van der Waals surface area contributed by atoms with Gasteiger partial charge in [0.15, 0.2) is 0 Å². The summed E-state index contributed by atoms with van der Waals surface area (Å²) in [5, 5.41) is 0. The minimum atomic E-state index is -0.105. The molecule has 1 aromatic rings. The van der Waals surface area contributed by atoms with E-state index < -0.39 is 0 Å². The Labute approximate surface area is 189 Å². The summed E-state index contributed by atoms with van der Waals surface area (Å²) in [5.41, 5.74) is 15.3. The summed E-state index contributed by atoms with van der Waals surface area (Å²) in [6.45, 7) is 9.57. The highest BCUT2D eigenvalue weighted by atomic mass is 19.1. The summed E-state index contributed by atoms with van der Waals surface area (Å²) in [6, 6.07) is 5.67. The lowest BCUT2D eigenvalue weighted by atomic mass is 9.91. The van der Waals surface area contributed by atoms with Crippen LogP contribution in [0.5, 0.6) is 0 Å². The van der Waals surface area contributed by atoms with Gasteiger partial charge in [-0.3, -0.25) is 4.99 Å². The van der Waals surface area contributed by atoms with Crippen molar-refractivity contribution in [1.29, 1.82) is 0 Å². The van der Waals surface area contributed by atoms with E-state index in [0.717, 1.165) is 80.3 Å². The molecule has 1 aromatic carbocycles. The summed E-state index contributed by atoms with van der Waals surface area (Å²) in [4.78, 5) is 4.60. The van der Waals surface area contributed by atoms with Crippen LogP contribution in [0.15, 0.2) is 47.1 Å². The number of hydrogen-bond donors (Lipinski definition) is 2. The van der Waals surface area contributed by atoms with Crippen LogP contribution >= 0.6 is 0 Å². The molecule has 0 heterocycles. The van der Waals surface area contributed by atoms with Crippen LogP contribution in [0.3, 0.4) is 0 Å². The minimum absolute atomic E-state index is 0.105. The molecular formula is C27H44FN3. The molecule has 0 aromatic heterocycles. The molecule has 0 amide bonds. The Kier molecular flexibility index (Phi) is 14.6. The molecule has 174 valence electrons. The fourth-order valence-corrected chi connectivity index (χ4v) is 3.91. The molecule has 0 saturated carbocycles. The molecule has 0 aliphatic heterocycles. The van der Waals surface area contributed by atoms with E-state index in [0.29, 0.717) is 12.3 Å². The molecule has 1 unspecified atom stereocenters. The molecule has 0 aliphatic rings. The van der Waals surface area contributed by atoms with Gasteiger partial charge in [-0.25, -0.2) is 4.39 Å². The number of nitrogens with zero attached hydrogens (tertiary/aromatic N) is 1. The highest BCUT2D eigenvalue weighted by molar-refractivity contribution is 5.78. The Bertz CT molecular complexity index is 694. The third-order valence-corrected chi connectivity index (χ3v) is 5.68. The quantitative estimate of drug-likeness (QED) is 0.168. The molecule has 4 N–H and O–H groups in total. The van der Waals surface area contributed by atoms with Crippen molar-refractivity contribution in [2.75, 3.05) is 13.1 Å². The number of aliphatic imine (C=N–C) groups is 1. The van der Waals surface area contributed by atoms with Gasteiger partial charge in [0.1, 0.15) is 5.82 Å². The van der Waals surface area contributed by atoms with Crippen molar-refractivity contribution in [2.24, 2.45) is 22.4 Å². The van der Waals surface area contributed by atoms with Gasteiger partial charge in [0.2, 0.25) is 0 Å². The molecule has 0 saturated heterocycles. The van der Waals surface area contributed by atoms with Gasteiger partial charge in [-0.1, -0.05) is 63.3 Å². The van der Waals surface area contributed by atoms with Gasteiger partial charge in [0.25, 0.3) is 0 Å². The molecule has 31 heavy (non-hydrogen) atoms. The van der Waals surface area contributed by atoms with Crippen molar-refractivity contribution in [1.82, 2.24) is 0 Å². The summed E-state index contributed by atoms with van der Waals surface area (Å²) in [7, 11) is 0. The Morgan fingerprint density at radius 1 is 1.16 bits per heavy atom. The second kappa shape index (κ2) is 16.7. The Morgan fingerprint density at radius 2 is 1.90 bits per heavy atom. The number of nitrogens with two attached hydrogens (primary N) is 2. The number of allylic oxidation sites excluding steroid dienone is 2. The van der Waals surface area contributed by atoms with Crippen molar-refractivity contribution >= 4 is 6.21 Å². The molecule has 1 atom stereocenters. The van der Waals surface area contributed by atoms with E-state index in [-0.39, 0.29) is 5.82 Å². The largest absolute Gasteiger partial charge is 0.404 e. The Balaban J connectivity index is 2.45. The number of benzene rings is 1. The zero-order valence-electron chi connectivity index (χ0n) is 19.8. The predicted molar refractivity (Wildman–Crippen MR) is 134 cm³/mol. The average Bonchev–Trinajstić information content (AvgIpc) is 2.74. The molecule has 0 fully saturated rings. The number of hydrogen-bond acceptors (Lipinski definition) is 3. The fraction of sp³-hybridized carbons (Fsp3) is 0.593. The standard InChI is InChI=1S/C27H44FN3/c1-4-9-25(20-30)21-31-17-15-23(11-7-8-16-29)10-5-6-12-24-13-14-26(18-22(2)3)27(28)19-24/h13-14,19-21,23H,2,4-12,15-18,29-30H2,1,3H3/b25-20-,31-21?. The van der Waals surface area contributed by atoms with Crippen LogP contribution in [-0.2, 0) is 12.8 Å². The van der Waals surface area contributed by atoms with Crippen molar-refractivity contribution in [2.45, 2.75) is 84.5 Å². The number of halogens is 1. The van der Waals surface area contributed by atoms with Crippen LogP contribution in [0, 0.1) is 11.7 Å². The van der Waals surface area contributed by atoms with E-state index in [1.165, 1.54) is 19.3 Å². The van der Waals surface area contributed by atoms with Gasteiger partial charge >= 0.3 is 0 Å². The first-order valence-electron chi connectivity index (χ1n) is 12.0. The Morgan fingerprint density at radius 3 is 2.52 bits per heavy atom. The van der Waals surface area contributed by atoms with Crippen LogP contribution in [0.1, 0.15) is 82.8 Å². The molecule has 1 rings (SSSR count). The monoisotopic (exact) mass is 429 g/mol. The number of unbranched alkanes of at least 4 members (excludes halogenated alkanes) is 2. The predicted octanol–water partition coefficient (Wildman–Crippen LogP) is 6.51. The maximum absolute atomic E-state index is 14.2. The topological polar surface area (TPSA) is 64.4 Å². The van der Waals surface area contributed by atoms with Crippen molar-refractivity contribution in [3.8, 4) is 0 Å². The normalized spacial score (nSPS) is 13.1. The summed E-state index contributed by atoms with van der Waals surface area (Å²) in [6.07, 6.45) is 15.3. The van der Waals surface area contributed by atoms with Gasteiger partial charge in [-0.15, -0.1) is 0 Å². The zero-order valence-corrected chi connectivity index (χ0v) is 19.8. The lowest BCUT2D eigenvalue weighted by Crippen LogP contribution is -2.06. The van der Waals surface area contributed by atoms with Gasteiger partial charge in [-0.05, 0) is 86.9 Å². The Hall–Kier alpha value is -1.94. The fourth-order valence-electron chi connectivity index (χ4n) is 3.91. The highest BCUT2D eigenvalue weighted by Gasteiger charge is 2.09. The van der Waals surface area contributed by atoms with Crippen LogP contribution in [0.4, 0.5) is 4.39 Å². The molecular weight excluding hydrogens is 385 g/mol. The van der Waals surface area contributed by atoms with E-state index in [1.54, 1.807) is 12.3 Å². The minimum Gasteiger partial charge on any atom is -0.404 e. The van der Waals surface area contributed by atoms with Gasteiger partial charge in [0.05, 0.1) is 0 Å². The maximum Gasteiger partial charge on any atom is 0.126 e. The van der Waals surface area contributed by atoms with Gasteiger partial charge in [-0.2, -0.15) is 0 Å². The van der Waals surface area contributed by atoms with Crippen LogP contribution in [0.25, 0.3) is 0 Å². The van der Waals surface area contributed by atoms with Crippen molar-refractivity contribution < 1.29 is 4.39 Å². The lowest BCUT2D eigenvalue weighted by Gasteiger charge is -2.16. The molecule has 3 nitrogen and oxygen atoms in total. The van der Waals surface area contributed by atoms with Gasteiger partial charge in [0, 0.05) is 12.8 Å². The van der Waals surface area contributed by atoms with E-state index in [4.69, 9.17) is 11.5 Å². The van der Waals surface area contributed by atoms with E-state index in [2.05, 4.69) is 24.6 Å². The summed E-state index contributed by atoms with van der Waals surface area (Å²) >= 11 is 0. The van der Waals surface area contributed by atoms with E-state index in [9.17, 15) is 4.39 Å². The second-order valence-electron chi connectivity index (χ2n) is 8.77. The number of rotatable bonds is 17. The molecule has 0 aliphatic carbocycles. The lowest BCUT2D eigenvalue weighted by molar-refractivity contribution is 0.394. The maximum atomic E-state index is 14.2. The van der Waals surface area contributed by atoms with Crippen molar-refractivity contribution in [3.05, 3.63) is 59.1 Å². The molecule has 0 spiro atoms. The van der Waals surface area contributed by atoms with Crippen LogP contribution in [0.2, 0.25) is 0 Å². The molecule has 4 heteroatoms. The summed E-state index contributed by atoms with van der Waals surface area (Å²) in [5.74, 6) is 0.571. The van der Waals surface area contributed by atoms with Crippen molar-refractivity contribution in [3.63, 3.8) is 0 Å². The van der Waals surface area contributed by atoms with Crippen LogP contribution < -0.4 is 11.5 Å². The van der Waals surface area contributed by atoms with E-state index >= 15 is 0 Å². The summed E-state index contributed by atoms with van der Waals surface area (Å²) < 4.78 is 14.2. The smallest absolute Gasteiger partial charge is 0.126 e. The third-order valence-electron chi connectivity index (χ3n) is 5.68. The third kappa shape index (κ3) is 12.5. The molecule has 0 radical (unpaired) electrons. The highest BCUT2D eigenvalue weighted by Crippen LogP contribution is 2.21. The first kappa shape index (κ1) is 27.1.